The minimum atomic E-state index is -0.516. The van der Waals surface area contributed by atoms with Gasteiger partial charge in [-0.05, 0) is 90.7 Å². The first-order chi connectivity index (χ1) is 22.1. The van der Waals surface area contributed by atoms with E-state index in [4.69, 9.17) is 4.74 Å². The summed E-state index contributed by atoms with van der Waals surface area (Å²) in [6, 6.07) is 53.8. The van der Waals surface area contributed by atoms with Gasteiger partial charge in [0.15, 0.2) is 0 Å². The molecule has 0 saturated heterocycles. The molecule has 7 aromatic carbocycles. The van der Waals surface area contributed by atoms with E-state index >= 15 is 0 Å². The summed E-state index contributed by atoms with van der Waals surface area (Å²) in [6.45, 7) is 4.68. The molecule has 0 saturated carbocycles. The van der Waals surface area contributed by atoms with Crippen LogP contribution in [-0.4, -0.2) is 0 Å². The average molecular weight is 575 g/mol. The summed E-state index contributed by atoms with van der Waals surface area (Å²) < 4.78 is 6.84. The van der Waals surface area contributed by atoms with Gasteiger partial charge in [0, 0.05) is 16.5 Å². The number of hydrogen-bond donors (Lipinski definition) is 0. The smallest absolute Gasteiger partial charge is 0.132 e. The van der Waals surface area contributed by atoms with Crippen molar-refractivity contribution in [3.63, 3.8) is 0 Å². The van der Waals surface area contributed by atoms with E-state index in [1.807, 2.05) is 0 Å². The van der Waals surface area contributed by atoms with Gasteiger partial charge in [0.2, 0.25) is 0 Å². The topological polar surface area (TPSA) is 9.23 Å². The Morgan fingerprint density at radius 1 is 0.422 bits per heavy atom. The zero-order chi connectivity index (χ0) is 29.9. The maximum absolute atomic E-state index is 6.84. The van der Waals surface area contributed by atoms with Crippen molar-refractivity contribution in [1.82, 2.24) is 0 Å². The molecule has 1 spiro atoms. The van der Waals surface area contributed by atoms with E-state index in [0.717, 1.165) is 11.5 Å². The second kappa shape index (κ2) is 8.61. The van der Waals surface area contributed by atoms with Crippen molar-refractivity contribution in [3.05, 3.63) is 179 Å². The first-order valence-electron chi connectivity index (χ1n) is 15.9. The lowest BCUT2D eigenvalue weighted by Gasteiger charge is -2.40. The first-order valence-corrected chi connectivity index (χ1v) is 15.9. The summed E-state index contributed by atoms with van der Waals surface area (Å²) in [4.78, 5) is 0. The normalized spacial score (nSPS) is 15.4. The third-order valence-electron chi connectivity index (χ3n) is 10.7. The van der Waals surface area contributed by atoms with Crippen LogP contribution >= 0.6 is 0 Å². The maximum Gasteiger partial charge on any atom is 0.132 e. The van der Waals surface area contributed by atoms with Gasteiger partial charge in [0.25, 0.3) is 0 Å². The van der Waals surface area contributed by atoms with Gasteiger partial charge in [0.05, 0.1) is 5.41 Å². The minimum Gasteiger partial charge on any atom is -0.457 e. The molecule has 0 radical (unpaired) electrons. The van der Waals surface area contributed by atoms with E-state index in [1.165, 1.54) is 77.5 Å². The largest absolute Gasteiger partial charge is 0.457 e. The van der Waals surface area contributed by atoms with Crippen molar-refractivity contribution in [2.24, 2.45) is 0 Å². The van der Waals surface area contributed by atoms with Gasteiger partial charge < -0.3 is 4.74 Å². The molecule has 0 unspecified atom stereocenters. The van der Waals surface area contributed by atoms with Gasteiger partial charge in [-0.25, -0.2) is 0 Å². The van der Waals surface area contributed by atoms with E-state index < -0.39 is 5.41 Å². The zero-order valence-electron chi connectivity index (χ0n) is 25.3. The van der Waals surface area contributed by atoms with Crippen molar-refractivity contribution < 1.29 is 4.74 Å². The Labute approximate surface area is 263 Å². The van der Waals surface area contributed by atoms with Crippen molar-refractivity contribution in [1.29, 1.82) is 0 Å². The first kappa shape index (κ1) is 25.0. The lowest BCUT2D eigenvalue weighted by Crippen LogP contribution is -2.32. The lowest BCUT2D eigenvalue weighted by molar-refractivity contribution is 0.438. The van der Waals surface area contributed by atoms with Crippen LogP contribution < -0.4 is 4.74 Å². The van der Waals surface area contributed by atoms with E-state index in [-0.39, 0.29) is 5.41 Å². The van der Waals surface area contributed by atoms with Crippen LogP contribution in [0.1, 0.15) is 47.2 Å². The van der Waals surface area contributed by atoms with Gasteiger partial charge in [-0.2, -0.15) is 0 Å². The van der Waals surface area contributed by atoms with Crippen LogP contribution in [0.4, 0.5) is 0 Å². The molecule has 1 heteroatoms. The van der Waals surface area contributed by atoms with Crippen LogP contribution in [-0.2, 0) is 10.8 Å². The number of rotatable bonds is 1. The second-order valence-corrected chi connectivity index (χ2v) is 13.2. The van der Waals surface area contributed by atoms with Gasteiger partial charge in [0.1, 0.15) is 11.5 Å². The fraction of sp³-hybridized carbons (Fsp3) is 0.0909. The highest BCUT2D eigenvalue weighted by Gasteiger charge is 2.52. The number of hydrogen-bond acceptors (Lipinski definition) is 1. The van der Waals surface area contributed by atoms with Crippen LogP contribution in [0.15, 0.2) is 146 Å². The summed E-state index contributed by atoms with van der Waals surface area (Å²) in [5, 5.41) is 2.45. The predicted octanol–water partition coefficient (Wildman–Crippen LogP) is 11.3. The van der Waals surface area contributed by atoms with Crippen LogP contribution in [0.2, 0.25) is 0 Å². The Bertz CT molecular complexity index is 2340. The Morgan fingerprint density at radius 2 is 0.978 bits per heavy atom. The summed E-state index contributed by atoms with van der Waals surface area (Å²) in [5.74, 6) is 1.84. The van der Waals surface area contributed by atoms with Gasteiger partial charge in [-0.1, -0.05) is 135 Å². The van der Waals surface area contributed by atoms with Crippen LogP contribution in [0, 0.1) is 0 Å². The van der Waals surface area contributed by atoms with Crippen molar-refractivity contribution in [3.8, 4) is 44.9 Å². The molecule has 3 aliphatic rings. The third-order valence-corrected chi connectivity index (χ3v) is 10.7. The van der Waals surface area contributed by atoms with Crippen LogP contribution in [0.25, 0.3) is 44.2 Å². The molecule has 0 bridgehead atoms. The molecule has 2 aliphatic carbocycles. The average Bonchev–Trinajstić information content (AvgIpc) is 3.51. The molecule has 10 rings (SSSR count). The van der Waals surface area contributed by atoms with Crippen molar-refractivity contribution in [2.75, 3.05) is 0 Å². The highest BCUT2D eigenvalue weighted by Crippen LogP contribution is 2.63. The zero-order valence-corrected chi connectivity index (χ0v) is 25.3. The molecule has 0 amide bonds. The summed E-state index contributed by atoms with van der Waals surface area (Å²) in [5.41, 5.74) is 15.0. The van der Waals surface area contributed by atoms with Crippen LogP contribution in [0.5, 0.6) is 11.5 Å². The highest BCUT2D eigenvalue weighted by molar-refractivity contribution is 5.97. The van der Waals surface area contributed by atoms with Gasteiger partial charge in [-0.3, -0.25) is 0 Å². The standard InChI is InChI=1S/C44H30O/c1-43(2)35-16-8-5-15-33(35)34-25-28(19-22-36(34)43)29-21-23-40-39(26-29)44(42-30-12-4-3-11-27(30)20-24-41(42)45-40)37-17-9-6-13-31(37)32-14-7-10-18-38(32)44/h3-26H,1-2H3. The molecule has 212 valence electrons. The SMILES string of the molecule is CC1(C)c2ccccc2-c2cc(-c3ccc4c(c3)C3(c5ccccc5-c5ccccc53)c3c(ccc5ccccc35)O4)ccc21. The fourth-order valence-electron chi connectivity index (χ4n) is 8.76. The Kier molecular flexibility index (Phi) is 4.78. The monoisotopic (exact) mass is 574 g/mol. The molecule has 7 aromatic rings. The highest BCUT2D eigenvalue weighted by atomic mass is 16.5. The Hall–Kier alpha value is -5.40. The molecule has 0 aromatic heterocycles. The molecular weight excluding hydrogens is 544 g/mol. The molecule has 45 heavy (non-hydrogen) atoms. The summed E-state index contributed by atoms with van der Waals surface area (Å²) >= 11 is 0. The van der Waals surface area contributed by atoms with Crippen molar-refractivity contribution >= 4 is 10.8 Å². The maximum atomic E-state index is 6.84. The Morgan fingerprint density at radius 3 is 1.73 bits per heavy atom. The van der Waals surface area contributed by atoms with E-state index in [0.29, 0.717) is 0 Å². The summed E-state index contributed by atoms with van der Waals surface area (Å²) in [7, 11) is 0. The number of benzene rings is 7. The van der Waals surface area contributed by atoms with E-state index in [9.17, 15) is 0 Å². The van der Waals surface area contributed by atoms with Gasteiger partial charge in [-0.15, -0.1) is 0 Å². The van der Waals surface area contributed by atoms with E-state index in [2.05, 4.69) is 159 Å². The number of ether oxygens (including phenoxy) is 1. The molecule has 1 aliphatic heterocycles. The minimum absolute atomic E-state index is 0.0136. The Balaban J connectivity index is 1.28. The molecule has 0 N–H and O–H groups in total. The van der Waals surface area contributed by atoms with E-state index in [1.54, 1.807) is 0 Å². The third kappa shape index (κ3) is 3.08. The predicted molar refractivity (Wildman–Crippen MR) is 184 cm³/mol. The fourth-order valence-corrected chi connectivity index (χ4v) is 8.76. The molecular formula is C44H30O. The quantitative estimate of drug-likeness (QED) is 0.189. The lowest BCUT2D eigenvalue weighted by atomic mass is 9.64. The number of fused-ring (bicyclic) bond motifs is 14. The molecule has 0 atom stereocenters. The summed E-state index contributed by atoms with van der Waals surface area (Å²) in [6.07, 6.45) is 0. The molecule has 1 nitrogen and oxygen atoms in total. The van der Waals surface area contributed by atoms with Crippen LogP contribution in [0.3, 0.4) is 0 Å². The molecule has 1 heterocycles. The molecule has 0 fully saturated rings. The second-order valence-electron chi connectivity index (χ2n) is 13.2. The van der Waals surface area contributed by atoms with Gasteiger partial charge >= 0.3 is 0 Å². The van der Waals surface area contributed by atoms with Crippen molar-refractivity contribution in [2.45, 2.75) is 24.7 Å².